The number of aromatic nitrogens is 4. The lowest BCUT2D eigenvalue weighted by Gasteiger charge is -2.09. The van der Waals surface area contributed by atoms with E-state index in [0.29, 0.717) is 24.5 Å². The fourth-order valence-electron chi connectivity index (χ4n) is 3.21. The maximum Gasteiger partial charge on any atom is 0.255 e. The first kappa shape index (κ1) is 20.7. The Balaban J connectivity index is 1.41. The molecule has 0 saturated carbocycles. The van der Waals surface area contributed by atoms with Crippen LogP contribution in [0.5, 0.6) is 5.75 Å². The number of nitrogens with zero attached hydrogens (tertiary/aromatic N) is 4. The van der Waals surface area contributed by atoms with Gasteiger partial charge in [0.1, 0.15) is 18.1 Å². The third-order valence-corrected chi connectivity index (χ3v) is 5.69. The van der Waals surface area contributed by atoms with E-state index in [1.165, 1.54) is 11.7 Å². The van der Waals surface area contributed by atoms with Crippen molar-refractivity contribution in [3.05, 3.63) is 88.5 Å². The molecule has 0 saturated heterocycles. The third-order valence-electron chi connectivity index (χ3n) is 5.03. The number of hydrogen-bond donors (Lipinski definition) is 1. The topological polar surface area (TPSA) is 81.9 Å². The first-order valence-electron chi connectivity index (χ1n) is 9.91. The molecule has 0 aliphatic rings. The summed E-state index contributed by atoms with van der Waals surface area (Å²) < 4.78 is 16.0. The summed E-state index contributed by atoms with van der Waals surface area (Å²) in [5.41, 5.74) is 5.85. The van der Waals surface area contributed by atoms with Gasteiger partial charge in [-0.05, 0) is 50.6 Å². The van der Waals surface area contributed by atoms with Crippen LogP contribution in [0, 0.1) is 20.8 Å². The normalized spacial score (nSPS) is 10.8. The largest absolute Gasteiger partial charge is 0.487 e. The second kappa shape index (κ2) is 9.09. The molecule has 0 unspecified atom stereocenters. The van der Waals surface area contributed by atoms with E-state index in [9.17, 15) is 4.79 Å². The minimum Gasteiger partial charge on any atom is -0.487 e. The maximum absolute atomic E-state index is 12.8. The molecule has 4 rings (SSSR count). The minimum absolute atomic E-state index is 0.184. The highest BCUT2D eigenvalue weighted by Gasteiger charge is 2.16. The summed E-state index contributed by atoms with van der Waals surface area (Å²) in [4.78, 5) is 12.8. The Morgan fingerprint density at radius 2 is 1.74 bits per heavy atom. The number of benzene rings is 2. The van der Waals surface area contributed by atoms with Gasteiger partial charge < -0.3 is 10.1 Å². The van der Waals surface area contributed by atoms with Crippen LogP contribution < -0.4 is 10.1 Å². The predicted molar refractivity (Wildman–Crippen MR) is 121 cm³/mol. The molecule has 0 atom stereocenters. The van der Waals surface area contributed by atoms with Gasteiger partial charge in [0.2, 0.25) is 0 Å². The zero-order chi connectivity index (χ0) is 21.8. The Morgan fingerprint density at radius 1 is 1.00 bits per heavy atom. The molecule has 158 valence electrons. The number of carbonyl (C=O) groups excluding carboxylic acids is 1. The number of anilines is 1. The molecule has 0 fully saturated rings. The first-order chi connectivity index (χ1) is 15.0. The van der Waals surface area contributed by atoms with Crippen LogP contribution in [-0.4, -0.2) is 24.4 Å². The summed E-state index contributed by atoms with van der Waals surface area (Å²) in [5, 5.41) is 7.60. The van der Waals surface area contributed by atoms with Crippen LogP contribution in [0.1, 0.15) is 38.7 Å². The van der Waals surface area contributed by atoms with E-state index in [2.05, 4.69) is 31.3 Å². The van der Waals surface area contributed by atoms with Crippen LogP contribution in [0.15, 0.2) is 54.6 Å². The lowest BCUT2D eigenvalue weighted by Crippen LogP contribution is -2.13. The molecule has 2 aromatic carbocycles. The fourth-order valence-corrected chi connectivity index (χ4v) is 3.76. The number of ether oxygens (including phenoxy) is 1. The van der Waals surface area contributed by atoms with E-state index >= 15 is 0 Å². The highest BCUT2D eigenvalue weighted by Crippen LogP contribution is 2.22. The van der Waals surface area contributed by atoms with Crippen molar-refractivity contribution >= 4 is 23.3 Å². The molecule has 8 heteroatoms. The number of aryl methyl sites for hydroxylation is 2. The molecule has 1 amide bonds. The first-order valence-corrected chi connectivity index (χ1v) is 10.6. The van der Waals surface area contributed by atoms with Crippen molar-refractivity contribution in [3.63, 3.8) is 0 Å². The zero-order valence-corrected chi connectivity index (χ0v) is 18.4. The average molecular weight is 434 g/mol. The van der Waals surface area contributed by atoms with Crippen LogP contribution in [0.4, 0.5) is 5.69 Å². The summed E-state index contributed by atoms with van der Waals surface area (Å²) in [6.07, 6.45) is 0. The second-order valence-corrected chi connectivity index (χ2v) is 7.78. The molecule has 2 aromatic heterocycles. The van der Waals surface area contributed by atoms with Gasteiger partial charge >= 0.3 is 0 Å². The Morgan fingerprint density at radius 3 is 2.42 bits per heavy atom. The van der Waals surface area contributed by atoms with Crippen molar-refractivity contribution in [2.75, 3.05) is 5.32 Å². The van der Waals surface area contributed by atoms with Crippen molar-refractivity contribution in [1.82, 2.24) is 18.5 Å². The molecular weight excluding hydrogens is 410 g/mol. The molecule has 0 spiro atoms. The molecule has 7 nitrogen and oxygen atoms in total. The number of nitrogens with one attached hydrogen (secondary N) is 1. The van der Waals surface area contributed by atoms with E-state index in [-0.39, 0.29) is 5.91 Å². The smallest absolute Gasteiger partial charge is 0.255 e. The molecule has 2 heterocycles. The third kappa shape index (κ3) is 4.80. The van der Waals surface area contributed by atoms with Gasteiger partial charge in [0, 0.05) is 5.56 Å². The van der Waals surface area contributed by atoms with Crippen LogP contribution in [0.2, 0.25) is 0 Å². The van der Waals surface area contributed by atoms with Gasteiger partial charge in [-0.3, -0.25) is 9.48 Å². The summed E-state index contributed by atoms with van der Waals surface area (Å²) in [6.45, 7) is 6.78. The number of rotatable bonds is 7. The van der Waals surface area contributed by atoms with Crippen molar-refractivity contribution in [3.8, 4) is 5.75 Å². The summed E-state index contributed by atoms with van der Waals surface area (Å²) >= 11 is 1.17. The highest BCUT2D eigenvalue weighted by molar-refractivity contribution is 6.99. The van der Waals surface area contributed by atoms with Crippen LogP contribution in [0.3, 0.4) is 0 Å². The lowest BCUT2D eigenvalue weighted by molar-refractivity contribution is 0.102. The molecule has 4 aromatic rings. The van der Waals surface area contributed by atoms with Crippen molar-refractivity contribution in [2.24, 2.45) is 0 Å². The zero-order valence-electron chi connectivity index (χ0n) is 17.6. The molecule has 31 heavy (non-hydrogen) atoms. The standard InChI is InChI=1S/C23H23N5O2S/c1-15-21(27-31-26-15)14-30-20-11-9-19(10-12-20)23(29)24-22-16(2)25-28(17(22)3)13-18-7-5-4-6-8-18/h4-12H,13-14H2,1-3H3,(H,24,29). The molecule has 0 aliphatic heterocycles. The number of amides is 1. The predicted octanol–water partition coefficient (Wildman–Crippen LogP) is 4.54. The van der Waals surface area contributed by atoms with Gasteiger partial charge in [0.05, 0.1) is 41.0 Å². The minimum atomic E-state index is -0.184. The Kier molecular flexibility index (Phi) is 6.08. The van der Waals surface area contributed by atoms with Crippen LogP contribution >= 0.6 is 11.7 Å². The highest BCUT2D eigenvalue weighted by atomic mass is 32.1. The quantitative estimate of drug-likeness (QED) is 0.463. The Labute approximate surface area is 185 Å². The summed E-state index contributed by atoms with van der Waals surface area (Å²) in [6, 6.07) is 17.2. The Bertz CT molecular complexity index is 1180. The van der Waals surface area contributed by atoms with Gasteiger partial charge in [-0.25, -0.2) is 0 Å². The fraction of sp³-hybridized carbons (Fsp3) is 0.217. The number of hydrogen-bond acceptors (Lipinski definition) is 6. The molecule has 1 N–H and O–H groups in total. The monoisotopic (exact) mass is 433 g/mol. The van der Waals surface area contributed by atoms with Crippen molar-refractivity contribution in [2.45, 2.75) is 33.9 Å². The van der Waals surface area contributed by atoms with Gasteiger partial charge in [0.25, 0.3) is 5.91 Å². The van der Waals surface area contributed by atoms with Crippen molar-refractivity contribution in [1.29, 1.82) is 0 Å². The average Bonchev–Trinajstić information content (AvgIpc) is 3.31. The molecule has 0 aliphatic carbocycles. The number of carbonyl (C=O) groups is 1. The van der Waals surface area contributed by atoms with Gasteiger partial charge in [0.15, 0.2) is 0 Å². The van der Waals surface area contributed by atoms with Gasteiger partial charge in [-0.15, -0.1) is 0 Å². The summed E-state index contributed by atoms with van der Waals surface area (Å²) in [5.74, 6) is 0.489. The van der Waals surface area contributed by atoms with E-state index in [0.717, 1.165) is 34.0 Å². The second-order valence-electron chi connectivity index (χ2n) is 7.25. The van der Waals surface area contributed by atoms with E-state index in [4.69, 9.17) is 4.74 Å². The van der Waals surface area contributed by atoms with Crippen molar-refractivity contribution < 1.29 is 9.53 Å². The van der Waals surface area contributed by atoms with Crippen LogP contribution in [0.25, 0.3) is 0 Å². The summed E-state index contributed by atoms with van der Waals surface area (Å²) in [7, 11) is 0. The van der Waals surface area contributed by atoms with E-state index in [1.54, 1.807) is 24.3 Å². The van der Waals surface area contributed by atoms with Gasteiger partial charge in [-0.2, -0.15) is 13.8 Å². The maximum atomic E-state index is 12.8. The van der Waals surface area contributed by atoms with E-state index in [1.807, 2.05) is 43.7 Å². The molecule has 0 radical (unpaired) electrons. The van der Waals surface area contributed by atoms with Crippen LogP contribution in [-0.2, 0) is 13.2 Å². The SMILES string of the molecule is Cc1nsnc1COc1ccc(C(=O)Nc2c(C)nn(Cc3ccccc3)c2C)cc1. The van der Waals surface area contributed by atoms with Gasteiger partial charge in [-0.1, -0.05) is 30.3 Å². The molecule has 0 bridgehead atoms. The van der Waals surface area contributed by atoms with E-state index < -0.39 is 0 Å². The Hall–Kier alpha value is -3.52. The molecular formula is C23H23N5O2S. The lowest BCUT2D eigenvalue weighted by atomic mass is 10.2.